The number of carboxylic acids is 1. The maximum Gasteiger partial charge on any atom is 0.322 e. The summed E-state index contributed by atoms with van der Waals surface area (Å²) in [5, 5.41) is 11.5. The fraction of sp³-hybridized carbons (Fsp3) is 0.118. The van der Waals surface area contributed by atoms with Gasteiger partial charge in [-0.2, -0.15) is 0 Å². The van der Waals surface area contributed by atoms with E-state index in [1.165, 1.54) is 11.3 Å². The molecule has 0 aliphatic heterocycles. The monoisotopic (exact) mass is 360 g/mol. The van der Waals surface area contributed by atoms with Crippen LogP contribution in [0.2, 0.25) is 0 Å². The number of aromatic nitrogens is 1. The summed E-state index contributed by atoms with van der Waals surface area (Å²) in [7, 11) is 0. The number of aliphatic carboxylic acids is 1. The van der Waals surface area contributed by atoms with Gasteiger partial charge in [0.1, 0.15) is 11.6 Å². The number of rotatable bonds is 8. The van der Waals surface area contributed by atoms with E-state index < -0.39 is 5.97 Å². The Morgan fingerprint density at radius 2 is 2.17 bits per heavy atom. The fourth-order valence-corrected chi connectivity index (χ4v) is 3.77. The van der Waals surface area contributed by atoms with E-state index in [9.17, 15) is 9.59 Å². The summed E-state index contributed by atoms with van der Waals surface area (Å²) >= 11 is 2.99. The van der Waals surface area contributed by atoms with E-state index in [2.05, 4.69) is 23.5 Å². The summed E-state index contributed by atoms with van der Waals surface area (Å²) < 4.78 is 0.975. The van der Waals surface area contributed by atoms with Crippen LogP contribution in [0.4, 0.5) is 0 Å². The number of carbonyl (C=O) groups is 2. The standard InChI is InChI=1S/C17H16N2O3S2/c1-3-5-11(4-2)23-12-6-7-13-14(8-12)24-16(19-13)9-15(20)18-10-17(21)22/h3-8H,1-2,9-10H2,(H,18,20)(H,21,22)/b11-5+. The number of nitrogens with zero attached hydrogens (tertiary/aromatic N) is 1. The number of hydrogen-bond acceptors (Lipinski definition) is 5. The fourth-order valence-electron chi connectivity index (χ4n) is 1.86. The Kier molecular flexibility index (Phi) is 6.34. The van der Waals surface area contributed by atoms with Crippen LogP contribution in [0.1, 0.15) is 5.01 Å². The van der Waals surface area contributed by atoms with Crippen molar-refractivity contribution in [2.75, 3.05) is 6.54 Å². The molecule has 1 amide bonds. The lowest BCUT2D eigenvalue weighted by atomic mass is 10.3. The molecule has 5 nitrogen and oxygen atoms in total. The molecule has 0 aliphatic carbocycles. The van der Waals surface area contributed by atoms with Gasteiger partial charge in [0.05, 0.1) is 16.6 Å². The Labute approximate surface area is 147 Å². The van der Waals surface area contributed by atoms with Crippen molar-refractivity contribution >= 4 is 45.2 Å². The molecule has 2 rings (SSSR count). The second-order valence-corrected chi connectivity index (χ2v) is 6.96. The Bertz CT molecular complexity index is 824. The van der Waals surface area contributed by atoms with Gasteiger partial charge >= 0.3 is 5.97 Å². The maximum absolute atomic E-state index is 11.7. The third kappa shape index (κ3) is 5.07. The highest BCUT2D eigenvalue weighted by Gasteiger charge is 2.10. The van der Waals surface area contributed by atoms with Gasteiger partial charge in [-0.15, -0.1) is 11.3 Å². The topological polar surface area (TPSA) is 79.3 Å². The first-order chi connectivity index (χ1) is 11.5. The first-order valence-electron chi connectivity index (χ1n) is 7.02. The number of amides is 1. The average molecular weight is 360 g/mol. The lowest BCUT2D eigenvalue weighted by Gasteiger charge is -2.01. The minimum absolute atomic E-state index is 0.0728. The zero-order chi connectivity index (χ0) is 17.5. The molecule has 0 spiro atoms. The van der Waals surface area contributed by atoms with E-state index in [1.54, 1.807) is 23.9 Å². The van der Waals surface area contributed by atoms with Gasteiger partial charge in [-0.05, 0) is 24.3 Å². The van der Waals surface area contributed by atoms with Crippen molar-refractivity contribution in [2.45, 2.75) is 11.3 Å². The van der Waals surface area contributed by atoms with Gasteiger partial charge in [-0.25, -0.2) is 4.98 Å². The molecule has 2 N–H and O–H groups in total. The number of fused-ring (bicyclic) bond motifs is 1. The van der Waals surface area contributed by atoms with E-state index in [0.29, 0.717) is 5.01 Å². The quantitative estimate of drug-likeness (QED) is 0.557. The van der Waals surface area contributed by atoms with Crippen molar-refractivity contribution in [3.63, 3.8) is 0 Å². The van der Waals surface area contributed by atoms with E-state index in [0.717, 1.165) is 20.0 Å². The number of thioether (sulfide) groups is 1. The first kappa shape index (κ1) is 18.0. The van der Waals surface area contributed by atoms with E-state index in [4.69, 9.17) is 5.11 Å². The molecular weight excluding hydrogens is 344 g/mol. The molecule has 0 fully saturated rings. The largest absolute Gasteiger partial charge is 0.480 e. The summed E-state index contributed by atoms with van der Waals surface area (Å²) in [6, 6.07) is 5.87. The number of allylic oxidation sites excluding steroid dienone is 3. The highest BCUT2D eigenvalue weighted by Crippen LogP contribution is 2.32. The first-order valence-corrected chi connectivity index (χ1v) is 8.66. The molecule has 0 aliphatic rings. The molecule has 0 atom stereocenters. The van der Waals surface area contributed by atoms with Gasteiger partial charge in [0.15, 0.2) is 0 Å². The van der Waals surface area contributed by atoms with Crippen LogP contribution in [0, 0.1) is 0 Å². The Morgan fingerprint density at radius 3 is 2.83 bits per heavy atom. The van der Waals surface area contributed by atoms with Gasteiger partial charge < -0.3 is 10.4 Å². The highest BCUT2D eigenvalue weighted by molar-refractivity contribution is 8.03. The molecule has 1 aromatic heterocycles. The van der Waals surface area contributed by atoms with Crippen LogP contribution in [0.15, 0.2) is 59.4 Å². The minimum Gasteiger partial charge on any atom is -0.480 e. The molecule has 0 bridgehead atoms. The van der Waals surface area contributed by atoms with Crippen LogP contribution >= 0.6 is 23.1 Å². The summed E-state index contributed by atoms with van der Waals surface area (Å²) in [6.45, 7) is 7.06. The lowest BCUT2D eigenvalue weighted by molar-refractivity contribution is -0.137. The van der Waals surface area contributed by atoms with Gasteiger partial charge in [0, 0.05) is 9.80 Å². The molecule has 2 aromatic rings. The van der Waals surface area contributed by atoms with E-state index >= 15 is 0 Å². The summed E-state index contributed by atoms with van der Waals surface area (Å²) in [5.41, 5.74) is 0.818. The van der Waals surface area contributed by atoms with Crippen molar-refractivity contribution in [2.24, 2.45) is 0 Å². The number of carboxylic acid groups (broad SMARTS) is 1. The molecule has 0 saturated heterocycles. The van der Waals surface area contributed by atoms with Crippen molar-refractivity contribution in [3.05, 3.63) is 59.5 Å². The Morgan fingerprint density at radius 1 is 1.38 bits per heavy atom. The summed E-state index contributed by atoms with van der Waals surface area (Å²) in [6.07, 6.45) is 5.43. The Balaban J connectivity index is 2.12. The van der Waals surface area contributed by atoms with Gasteiger partial charge in [-0.1, -0.05) is 37.1 Å². The van der Waals surface area contributed by atoms with Crippen LogP contribution in [0.3, 0.4) is 0 Å². The third-order valence-corrected chi connectivity index (χ3v) is 4.92. The molecule has 0 radical (unpaired) electrons. The number of benzene rings is 1. The van der Waals surface area contributed by atoms with Crippen LogP contribution in [-0.2, 0) is 16.0 Å². The van der Waals surface area contributed by atoms with Crippen LogP contribution in [0.25, 0.3) is 10.2 Å². The normalized spacial score (nSPS) is 11.2. The number of hydrogen-bond donors (Lipinski definition) is 2. The zero-order valence-electron chi connectivity index (χ0n) is 12.8. The third-order valence-electron chi connectivity index (χ3n) is 2.87. The van der Waals surface area contributed by atoms with Crippen LogP contribution < -0.4 is 5.32 Å². The molecule has 124 valence electrons. The van der Waals surface area contributed by atoms with Crippen molar-refractivity contribution in [1.82, 2.24) is 10.3 Å². The molecule has 7 heteroatoms. The van der Waals surface area contributed by atoms with Crippen LogP contribution in [0.5, 0.6) is 0 Å². The number of carbonyl (C=O) groups excluding carboxylic acids is 1. The molecule has 1 aromatic carbocycles. The molecule has 1 heterocycles. The number of nitrogens with one attached hydrogen (secondary N) is 1. The van der Waals surface area contributed by atoms with Crippen molar-refractivity contribution in [1.29, 1.82) is 0 Å². The zero-order valence-corrected chi connectivity index (χ0v) is 14.5. The maximum atomic E-state index is 11.7. The number of thiazole rings is 1. The van der Waals surface area contributed by atoms with Gasteiger partial charge in [0.25, 0.3) is 0 Å². The second kappa shape index (κ2) is 8.47. The summed E-state index contributed by atoms with van der Waals surface area (Å²) in [4.78, 5) is 28.6. The predicted octanol–water partition coefficient (Wildman–Crippen LogP) is 3.39. The second-order valence-electron chi connectivity index (χ2n) is 4.70. The highest BCUT2D eigenvalue weighted by atomic mass is 32.2. The van der Waals surface area contributed by atoms with Gasteiger partial charge in [0.2, 0.25) is 5.91 Å². The predicted molar refractivity (Wildman–Crippen MR) is 98.3 cm³/mol. The van der Waals surface area contributed by atoms with Crippen LogP contribution in [-0.4, -0.2) is 28.5 Å². The Hall–Kier alpha value is -2.38. The molecular formula is C17H16N2O3S2. The average Bonchev–Trinajstić information content (AvgIpc) is 2.93. The molecule has 0 saturated carbocycles. The smallest absolute Gasteiger partial charge is 0.322 e. The molecule has 0 unspecified atom stereocenters. The summed E-state index contributed by atoms with van der Waals surface area (Å²) in [5.74, 6) is -1.42. The van der Waals surface area contributed by atoms with E-state index in [-0.39, 0.29) is 18.9 Å². The van der Waals surface area contributed by atoms with Crippen molar-refractivity contribution < 1.29 is 14.7 Å². The van der Waals surface area contributed by atoms with Gasteiger partial charge in [-0.3, -0.25) is 9.59 Å². The van der Waals surface area contributed by atoms with Crippen molar-refractivity contribution in [3.8, 4) is 0 Å². The SMILES string of the molecule is C=C/C=C(\C=C)Sc1ccc2nc(CC(=O)NCC(=O)O)sc2c1. The minimum atomic E-state index is -1.07. The van der Waals surface area contributed by atoms with E-state index in [1.807, 2.05) is 24.3 Å². The molecule has 24 heavy (non-hydrogen) atoms. The lowest BCUT2D eigenvalue weighted by Crippen LogP contribution is -2.30.